The van der Waals surface area contributed by atoms with Crippen LogP contribution in [0, 0.1) is 0 Å². The Balaban J connectivity index is 1.52. The number of hydrogen-bond acceptors (Lipinski definition) is 4. The molecule has 0 bridgehead atoms. The van der Waals surface area contributed by atoms with Gasteiger partial charge in [0.2, 0.25) is 0 Å². The highest BCUT2D eigenvalue weighted by atomic mass is 35.5. The number of nitrogens with zero attached hydrogens (tertiary/aromatic N) is 1. The predicted octanol–water partition coefficient (Wildman–Crippen LogP) is 5.38. The van der Waals surface area contributed by atoms with Crippen molar-refractivity contribution < 1.29 is 14.9 Å². The Morgan fingerprint density at radius 1 is 1.13 bits per heavy atom. The molecule has 1 aliphatic heterocycles. The van der Waals surface area contributed by atoms with E-state index in [1.807, 2.05) is 61.5 Å². The molecule has 3 aromatic rings. The molecule has 6 heteroatoms. The van der Waals surface area contributed by atoms with Crippen molar-refractivity contribution in [2.75, 3.05) is 11.4 Å². The lowest BCUT2D eigenvalue weighted by molar-refractivity contribution is -0.253. The van der Waals surface area contributed by atoms with Crippen molar-refractivity contribution in [3.8, 4) is 0 Å². The summed E-state index contributed by atoms with van der Waals surface area (Å²) in [6, 6.07) is 21.2. The molecular weight excluding hydrogens is 412 g/mol. The van der Waals surface area contributed by atoms with Crippen LogP contribution in [0.25, 0.3) is 0 Å². The van der Waals surface area contributed by atoms with Crippen LogP contribution >= 0.6 is 11.6 Å². The van der Waals surface area contributed by atoms with E-state index in [4.69, 9.17) is 16.9 Å². The Morgan fingerprint density at radius 3 is 2.65 bits per heavy atom. The van der Waals surface area contributed by atoms with Gasteiger partial charge in [-0.1, -0.05) is 60.1 Å². The molecule has 1 amide bonds. The second-order valence-corrected chi connectivity index (χ2v) is 8.26. The number of amides is 1. The van der Waals surface area contributed by atoms with Gasteiger partial charge in [-0.3, -0.25) is 10.1 Å². The van der Waals surface area contributed by atoms with Crippen molar-refractivity contribution in [2.24, 2.45) is 0 Å². The predicted molar refractivity (Wildman–Crippen MR) is 122 cm³/mol. The highest BCUT2D eigenvalue weighted by Crippen LogP contribution is 2.33. The maximum atomic E-state index is 13.2. The van der Waals surface area contributed by atoms with Crippen molar-refractivity contribution in [3.05, 3.63) is 99.6 Å². The molecule has 2 N–H and O–H groups in total. The highest BCUT2D eigenvalue weighted by molar-refractivity contribution is 6.30. The molecule has 0 aromatic heterocycles. The number of halogens is 1. The number of carbonyl (C=O) groups excluding carboxylic acids is 1. The highest BCUT2D eigenvalue weighted by Gasteiger charge is 2.26. The summed E-state index contributed by atoms with van der Waals surface area (Å²) in [5.74, 6) is -0.0925. The molecule has 0 saturated carbocycles. The molecule has 1 atom stereocenters. The maximum Gasteiger partial charge on any atom is 0.253 e. The summed E-state index contributed by atoms with van der Waals surface area (Å²) in [7, 11) is 0. The Morgan fingerprint density at radius 2 is 1.90 bits per heavy atom. The zero-order chi connectivity index (χ0) is 21.8. The van der Waals surface area contributed by atoms with E-state index >= 15 is 0 Å². The third-order valence-corrected chi connectivity index (χ3v) is 5.89. The van der Waals surface area contributed by atoms with Gasteiger partial charge in [-0.25, -0.2) is 4.89 Å². The van der Waals surface area contributed by atoms with Gasteiger partial charge >= 0.3 is 0 Å². The largest absolute Gasteiger partial charge is 0.366 e. The van der Waals surface area contributed by atoms with Crippen LogP contribution in [-0.2, 0) is 24.5 Å². The van der Waals surface area contributed by atoms with Gasteiger partial charge in [0.1, 0.15) is 6.61 Å². The van der Waals surface area contributed by atoms with Crippen molar-refractivity contribution in [3.63, 3.8) is 0 Å². The van der Waals surface area contributed by atoms with Crippen molar-refractivity contribution in [1.29, 1.82) is 0 Å². The van der Waals surface area contributed by atoms with Crippen LogP contribution in [0.3, 0.4) is 0 Å². The van der Waals surface area contributed by atoms with E-state index in [-0.39, 0.29) is 18.6 Å². The standard InChI is InChI=1S/C25H25ClN2O3/c1-17(20-10-8-18(9-11-20)16-31-30)27-25(29)23-7-3-5-21-12-13-28(24(21)23)15-19-4-2-6-22(26)14-19/h2-11,14,17,30H,12-13,15-16H2,1H3,(H,27,29). The molecule has 0 spiro atoms. The molecule has 31 heavy (non-hydrogen) atoms. The minimum Gasteiger partial charge on any atom is -0.366 e. The summed E-state index contributed by atoms with van der Waals surface area (Å²) in [6.45, 7) is 3.68. The van der Waals surface area contributed by atoms with E-state index < -0.39 is 0 Å². The summed E-state index contributed by atoms with van der Waals surface area (Å²) in [6.07, 6.45) is 0.918. The zero-order valence-electron chi connectivity index (χ0n) is 17.3. The van der Waals surface area contributed by atoms with Gasteiger partial charge in [0.25, 0.3) is 5.91 Å². The Kier molecular flexibility index (Phi) is 6.56. The van der Waals surface area contributed by atoms with Crippen molar-refractivity contribution in [2.45, 2.75) is 32.5 Å². The summed E-state index contributed by atoms with van der Waals surface area (Å²) < 4.78 is 0. The lowest BCUT2D eigenvalue weighted by Gasteiger charge is -2.23. The second kappa shape index (κ2) is 9.52. The van der Waals surface area contributed by atoms with E-state index in [0.717, 1.165) is 35.3 Å². The zero-order valence-corrected chi connectivity index (χ0v) is 18.1. The summed E-state index contributed by atoms with van der Waals surface area (Å²) in [5, 5.41) is 12.4. The number of rotatable bonds is 7. The van der Waals surface area contributed by atoms with E-state index in [1.54, 1.807) is 0 Å². The van der Waals surface area contributed by atoms with Gasteiger partial charge in [0.05, 0.1) is 17.3 Å². The first kappa shape index (κ1) is 21.4. The molecule has 1 aliphatic rings. The van der Waals surface area contributed by atoms with Crippen LogP contribution in [0.4, 0.5) is 5.69 Å². The summed E-state index contributed by atoms with van der Waals surface area (Å²) in [5.41, 5.74) is 5.85. The Labute approximate surface area is 187 Å². The second-order valence-electron chi connectivity index (χ2n) is 7.82. The van der Waals surface area contributed by atoms with E-state index in [1.165, 1.54) is 5.56 Å². The first-order valence-corrected chi connectivity index (χ1v) is 10.7. The Hall–Kier alpha value is -2.86. The van der Waals surface area contributed by atoms with Crippen LogP contribution in [0.2, 0.25) is 5.02 Å². The number of fused-ring (bicyclic) bond motifs is 1. The average molecular weight is 437 g/mol. The van der Waals surface area contributed by atoms with Gasteiger partial charge in [-0.2, -0.15) is 0 Å². The minimum atomic E-state index is -0.157. The minimum absolute atomic E-state index is 0.0925. The molecule has 3 aromatic carbocycles. The lowest BCUT2D eigenvalue weighted by atomic mass is 10.0. The van der Waals surface area contributed by atoms with Crippen LogP contribution in [0.15, 0.2) is 66.7 Å². The molecular formula is C25H25ClN2O3. The van der Waals surface area contributed by atoms with E-state index in [2.05, 4.69) is 27.2 Å². The van der Waals surface area contributed by atoms with Crippen LogP contribution in [0.1, 0.15) is 45.6 Å². The molecule has 0 aliphatic carbocycles. The normalized spacial score (nSPS) is 13.7. The fraction of sp³-hybridized carbons (Fsp3) is 0.240. The summed E-state index contributed by atoms with van der Waals surface area (Å²) >= 11 is 6.15. The molecule has 5 nitrogen and oxygen atoms in total. The van der Waals surface area contributed by atoms with Crippen molar-refractivity contribution in [1.82, 2.24) is 5.32 Å². The SMILES string of the molecule is CC(NC(=O)c1cccc2c1N(Cc1cccc(Cl)c1)CC2)c1ccc(COO)cc1. The summed E-state index contributed by atoms with van der Waals surface area (Å²) in [4.78, 5) is 19.6. The van der Waals surface area contributed by atoms with E-state index in [9.17, 15) is 4.79 Å². The monoisotopic (exact) mass is 436 g/mol. The molecule has 160 valence electrons. The molecule has 0 saturated heterocycles. The topological polar surface area (TPSA) is 61.8 Å². The number of anilines is 1. The fourth-order valence-corrected chi connectivity index (χ4v) is 4.28. The molecule has 4 rings (SSSR count). The quantitative estimate of drug-likeness (QED) is 0.385. The van der Waals surface area contributed by atoms with Crippen LogP contribution in [-0.4, -0.2) is 17.7 Å². The smallest absolute Gasteiger partial charge is 0.253 e. The lowest BCUT2D eigenvalue weighted by Crippen LogP contribution is -2.29. The third-order valence-electron chi connectivity index (χ3n) is 5.65. The molecule has 1 heterocycles. The Bertz CT molecular complexity index is 1070. The first-order valence-electron chi connectivity index (χ1n) is 10.3. The number of hydrogen-bond donors (Lipinski definition) is 2. The van der Waals surface area contributed by atoms with Gasteiger partial charge in [-0.15, -0.1) is 0 Å². The molecule has 1 unspecified atom stereocenters. The van der Waals surface area contributed by atoms with Crippen LogP contribution < -0.4 is 10.2 Å². The van der Waals surface area contributed by atoms with E-state index in [0.29, 0.717) is 17.1 Å². The van der Waals surface area contributed by atoms with Gasteiger partial charge in [0.15, 0.2) is 0 Å². The maximum absolute atomic E-state index is 13.2. The van der Waals surface area contributed by atoms with Gasteiger partial charge in [-0.05, 0) is 53.8 Å². The number of nitrogens with one attached hydrogen (secondary N) is 1. The van der Waals surface area contributed by atoms with Gasteiger partial charge < -0.3 is 10.2 Å². The number of carbonyl (C=O) groups is 1. The van der Waals surface area contributed by atoms with Crippen LogP contribution in [0.5, 0.6) is 0 Å². The molecule has 0 radical (unpaired) electrons. The van der Waals surface area contributed by atoms with Crippen molar-refractivity contribution >= 4 is 23.2 Å². The number of para-hydroxylation sites is 1. The number of benzene rings is 3. The first-order chi connectivity index (χ1) is 15.0. The molecule has 0 fully saturated rings. The fourth-order valence-electron chi connectivity index (χ4n) is 4.07. The third kappa shape index (κ3) is 4.90. The average Bonchev–Trinajstić information content (AvgIpc) is 3.17. The van der Waals surface area contributed by atoms with Gasteiger partial charge in [0, 0.05) is 18.1 Å².